The first kappa shape index (κ1) is 26.0. The average Bonchev–Trinajstić information content (AvgIpc) is 3.31. The summed E-state index contributed by atoms with van der Waals surface area (Å²) in [4.78, 5) is 30.8. The third kappa shape index (κ3) is 5.36. The zero-order chi connectivity index (χ0) is 27.9. The van der Waals surface area contributed by atoms with Crippen molar-refractivity contribution in [1.29, 1.82) is 0 Å². The van der Waals surface area contributed by atoms with E-state index in [0.717, 1.165) is 11.1 Å². The number of pyridine rings is 1. The van der Waals surface area contributed by atoms with Gasteiger partial charge in [-0.25, -0.2) is 9.78 Å². The van der Waals surface area contributed by atoms with Gasteiger partial charge in [-0.1, -0.05) is 18.2 Å². The number of imidazole rings is 1. The third-order valence-electron chi connectivity index (χ3n) is 6.30. The molecule has 5 rings (SSSR count). The zero-order valence-corrected chi connectivity index (χ0v) is 22.9. The number of anilines is 1. The smallest absolute Gasteiger partial charge is 0.340 e. The largest absolute Gasteiger partial charge is 0.495 e. The van der Waals surface area contributed by atoms with E-state index in [1.165, 1.54) is 6.07 Å². The molecule has 0 saturated heterocycles. The minimum Gasteiger partial charge on any atom is -0.495 e. The molecule has 1 unspecified atom stereocenters. The van der Waals surface area contributed by atoms with Crippen LogP contribution in [0.4, 0.5) is 5.69 Å². The molecule has 0 fully saturated rings. The fourth-order valence-electron chi connectivity index (χ4n) is 4.52. The molecule has 8 heteroatoms. The van der Waals surface area contributed by atoms with E-state index in [9.17, 15) is 9.59 Å². The maximum absolute atomic E-state index is 13.3. The van der Waals surface area contributed by atoms with Gasteiger partial charge in [-0.15, -0.1) is 0 Å². The molecule has 3 heterocycles. The summed E-state index contributed by atoms with van der Waals surface area (Å²) in [6.45, 7) is 9.40. The van der Waals surface area contributed by atoms with Crippen LogP contribution in [0, 0.1) is 6.92 Å². The van der Waals surface area contributed by atoms with Crippen LogP contribution in [-0.4, -0.2) is 28.1 Å². The van der Waals surface area contributed by atoms with E-state index in [1.807, 2.05) is 81.6 Å². The molecular weight excluding hydrogens is 494 g/mol. The topological polar surface area (TPSA) is 95.1 Å². The van der Waals surface area contributed by atoms with Crippen LogP contribution >= 0.6 is 0 Å². The predicted octanol–water partition coefficient (Wildman–Crippen LogP) is 6.55. The van der Waals surface area contributed by atoms with E-state index in [0.29, 0.717) is 45.1 Å². The molecule has 0 radical (unpaired) electrons. The molecule has 0 amide bonds. The lowest BCUT2D eigenvalue weighted by molar-refractivity contribution is 0.00706. The number of methoxy groups -OCH3 is 1. The highest BCUT2D eigenvalue weighted by Gasteiger charge is 2.22. The molecule has 2 aromatic carbocycles. The molecule has 0 saturated carbocycles. The summed E-state index contributed by atoms with van der Waals surface area (Å²) in [6, 6.07) is 15.9. The van der Waals surface area contributed by atoms with Crippen molar-refractivity contribution in [3.63, 3.8) is 0 Å². The quantitative estimate of drug-likeness (QED) is 0.251. The number of hydrogen-bond donors (Lipinski definition) is 1. The van der Waals surface area contributed by atoms with Crippen molar-refractivity contribution >= 4 is 28.3 Å². The summed E-state index contributed by atoms with van der Waals surface area (Å²) in [6.07, 6.45) is 3.61. The van der Waals surface area contributed by atoms with E-state index >= 15 is 0 Å². The van der Waals surface area contributed by atoms with Gasteiger partial charge in [0.1, 0.15) is 28.3 Å². The normalized spacial score (nSPS) is 12.5. The minimum absolute atomic E-state index is 0.160. The second kappa shape index (κ2) is 9.94. The Labute approximate surface area is 226 Å². The summed E-state index contributed by atoms with van der Waals surface area (Å²) in [5.74, 6) is 0.640. The lowest BCUT2D eigenvalue weighted by atomic mass is 10.0. The highest BCUT2D eigenvalue weighted by molar-refractivity contribution is 5.96. The number of aryl methyl sites for hydroxylation is 1. The Bertz CT molecular complexity index is 1760. The molecule has 0 aliphatic carbocycles. The van der Waals surface area contributed by atoms with Gasteiger partial charge in [0.2, 0.25) is 0 Å². The molecule has 0 aliphatic rings. The monoisotopic (exact) mass is 525 g/mol. The molecule has 0 spiro atoms. The Hall–Kier alpha value is -4.59. The fraction of sp³-hybridized carbons (Fsp3) is 0.258. The van der Waals surface area contributed by atoms with Gasteiger partial charge >= 0.3 is 5.97 Å². The minimum atomic E-state index is -0.620. The van der Waals surface area contributed by atoms with Gasteiger partial charge in [-0.3, -0.25) is 4.79 Å². The van der Waals surface area contributed by atoms with Crippen molar-refractivity contribution in [2.45, 2.75) is 46.3 Å². The number of esters is 1. The third-order valence-corrected chi connectivity index (χ3v) is 6.30. The lowest BCUT2D eigenvalue weighted by Gasteiger charge is -2.22. The Morgan fingerprint density at radius 1 is 1.08 bits per heavy atom. The molecule has 5 aromatic rings. The summed E-state index contributed by atoms with van der Waals surface area (Å²) in [7, 11) is 1.60. The van der Waals surface area contributed by atoms with Crippen molar-refractivity contribution < 1.29 is 18.7 Å². The molecule has 3 aromatic heterocycles. The van der Waals surface area contributed by atoms with Crippen molar-refractivity contribution in [2.75, 3.05) is 12.4 Å². The maximum atomic E-state index is 13.3. The summed E-state index contributed by atoms with van der Waals surface area (Å²) >= 11 is 0. The van der Waals surface area contributed by atoms with Crippen LogP contribution in [0.15, 0.2) is 76.2 Å². The number of hydrogen-bond acceptors (Lipinski definition) is 7. The van der Waals surface area contributed by atoms with Gasteiger partial charge in [0, 0.05) is 23.5 Å². The number of benzene rings is 2. The van der Waals surface area contributed by atoms with E-state index in [2.05, 4.69) is 10.3 Å². The first-order valence-electron chi connectivity index (χ1n) is 12.7. The summed E-state index contributed by atoms with van der Waals surface area (Å²) in [5, 5.41) is 3.91. The SMILES string of the molecule is COc1ccc2nc(-c3cc(=O)c4cc(C)cc(C(C)Nc5ccccc5C(=O)OC(C)(C)C)c4o3)cn2c1. The van der Waals surface area contributed by atoms with Gasteiger partial charge in [-0.05, 0) is 70.5 Å². The van der Waals surface area contributed by atoms with Crippen molar-refractivity contribution in [3.8, 4) is 17.2 Å². The molecule has 1 N–H and O–H groups in total. The Kier molecular flexibility index (Phi) is 6.64. The number of para-hydroxylation sites is 1. The summed E-state index contributed by atoms with van der Waals surface area (Å²) < 4.78 is 19.1. The molecule has 0 aliphatic heterocycles. The van der Waals surface area contributed by atoms with Crippen LogP contribution in [0.2, 0.25) is 0 Å². The van der Waals surface area contributed by atoms with Gasteiger partial charge in [0.15, 0.2) is 11.2 Å². The molecule has 8 nitrogen and oxygen atoms in total. The van der Waals surface area contributed by atoms with Crippen LogP contribution in [0.3, 0.4) is 0 Å². The highest BCUT2D eigenvalue weighted by atomic mass is 16.6. The Morgan fingerprint density at radius 2 is 1.85 bits per heavy atom. The number of fused-ring (bicyclic) bond motifs is 2. The lowest BCUT2D eigenvalue weighted by Crippen LogP contribution is -2.24. The number of aromatic nitrogens is 2. The zero-order valence-electron chi connectivity index (χ0n) is 22.9. The number of rotatable bonds is 6. The Balaban J connectivity index is 1.57. The van der Waals surface area contributed by atoms with Crippen molar-refractivity contribution in [3.05, 3.63) is 93.9 Å². The number of ether oxygens (including phenoxy) is 2. The van der Waals surface area contributed by atoms with E-state index in [1.54, 1.807) is 25.4 Å². The first-order valence-corrected chi connectivity index (χ1v) is 12.7. The highest BCUT2D eigenvalue weighted by Crippen LogP contribution is 2.32. The van der Waals surface area contributed by atoms with Crippen molar-refractivity contribution in [2.24, 2.45) is 0 Å². The second-order valence-electron chi connectivity index (χ2n) is 10.6. The number of nitrogens with one attached hydrogen (secondary N) is 1. The molecule has 39 heavy (non-hydrogen) atoms. The Morgan fingerprint density at radius 3 is 2.59 bits per heavy atom. The van der Waals surface area contributed by atoms with Gasteiger partial charge in [0.25, 0.3) is 0 Å². The van der Waals surface area contributed by atoms with Gasteiger partial charge in [0.05, 0.1) is 30.3 Å². The standard InChI is InChI=1S/C31H31N3O5/c1-18-13-22(19(2)32-24-10-8-7-9-21(24)30(36)39-31(3,4)5)29-23(14-18)26(35)15-27(38-29)25-17-34-16-20(37-6)11-12-28(34)33-25/h7-17,19,32H,1-6H3. The molecule has 0 bridgehead atoms. The van der Waals surface area contributed by atoms with E-state index < -0.39 is 11.6 Å². The summed E-state index contributed by atoms with van der Waals surface area (Å²) in [5.41, 5.74) is 3.68. The van der Waals surface area contributed by atoms with Crippen LogP contribution < -0.4 is 15.5 Å². The fourth-order valence-corrected chi connectivity index (χ4v) is 4.52. The molecule has 1 atom stereocenters. The number of nitrogens with zero attached hydrogens (tertiary/aromatic N) is 2. The maximum Gasteiger partial charge on any atom is 0.340 e. The van der Waals surface area contributed by atoms with Crippen LogP contribution in [0.1, 0.15) is 55.2 Å². The molecular formula is C31H31N3O5. The first-order chi connectivity index (χ1) is 18.5. The average molecular weight is 526 g/mol. The van der Waals surface area contributed by atoms with Crippen molar-refractivity contribution in [1.82, 2.24) is 9.38 Å². The van der Waals surface area contributed by atoms with Crippen LogP contribution in [0.5, 0.6) is 5.75 Å². The van der Waals surface area contributed by atoms with Crippen LogP contribution in [-0.2, 0) is 4.74 Å². The number of carbonyl (C=O) groups is 1. The van der Waals surface area contributed by atoms with E-state index in [4.69, 9.17) is 13.9 Å². The van der Waals surface area contributed by atoms with Gasteiger partial charge < -0.3 is 23.6 Å². The van der Waals surface area contributed by atoms with Gasteiger partial charge in [-0.2, -0.15) is 0 Å². The predicted molar refractivity (Wildman–Crippen MR) is 152 cm³/mol. The van der Waals surface area contributed by atoms with E-state index in [-0.39, 0.29) is 11.5 Å². The van der Waals surface area contributed by atoms with Crippen LogP contribution in [0.25, 0.3) is 28.1 Å². The second-order valence-corrected chi connectivity index (χ2v) is 10.6. The number of carbonyl (C=O) groups excluding carboxylic acids is 1. The molecule has 200 valence electrons.